The van der Waals surface area contributed by atoms with Gasteiger partial charge < -0.3 is 19.7 Å². The van der Waals surface area contributed by atoms with E-state index in [0.717, 1.165) is 48.5 Å². The van der Waals surface area contributed by atoms with E-state index in [2.05, 4.69) is 9.47 Å². The maximum absolute atomic E-state index is 14.3. The Bertz CT molecular complexity index is 1080. The van der Waals surface area contributed by atoms with E-state index in [9.17, 15) is 30.7 Å². The van der Waals surface area contributed by atoms with Gasteiger partial charge in [0.25, 0.3) is 0 Å². The van der Waals surface area contributed by atoms with Crippen molar-refractivity contribution in [3.05, 3.63) is 83.4 Å². The molecule has 0 saturated carbocycles. The van der Waals surface area contributed by atoms with Crippen molar-refractivity contribution < 1.29 is 50.4 Å². The van der Waals surface area contributed by atoms with Crippen LogP contribution in [0.2, 0.25) is 0 Å². The molecule has 0 amide bonds. The van der Waals surface area contributed by atoms with E-state index >= 15 is 0 Å². The third kappa shape index (κ3) is 5.16. The summed E-state index contributed by atoms with van der Waals surface area (Å²) in [6.07, 6.45) is -13.6. The highest BCUT2D eigenvalue weighted by molar-refractivity contribution is 5.43. The van der Waals surface area contributed by atoms with Crippen molar-refractivity contribution in [3.63, 3.8) is 0 Å². The van der Waals surface area contributed by atoms with Crippen LogP contribution >= 0.6 is 0 Å². The Morgan fingerprint density at radius 1 is 0.562 bits per heavy atom. The van der Waals surface area contributed by atoms with E-state index in [1.54, 1.807) is 0 Å². The number of halogens is 7. The van der Waals surface area contributed by atoms with Crippen LogP contribution < -0.4 is 9.47 Å². The number of alkyl halides is 7. The number of phenolic OH excluding ortho intramolecular Hbond substituents is 2. The van der Waals surface area contributed by atoms with Gasteiger partial charge in [-0.2, -0.15) is 30.7 Å². The summed E-state index contributed by atoms with van der Waals surface area (Å²) in [6.45, 7) is 0. The molecule has 0 aromatic heterocycles. The van der Waals surface area contributed by atoms with Gasteiger partial charge in [-0.25, -0.2) is 0 Å². The summed E-state index contributed by atoms with van der Waals surface area (Å²) < 4.78 is 106. The third-order valence-electron chi connectivity index (χ3n) is 4.15. The number of ether oxygens (including phenoxy) is 2. The van der Waals surface area contributed by atoms with E-state index in [1.165, 1.54) is 0 Å². The van der Waals surface area contributed by atoms with E-state index in [4.69, 9.17) is 10.2 Å². The topological polar surface area (TPSA) is 58.9 Å². The maximum atomic E-state index is 14.3. The first kappa shape index (κ1) is 23.0. The summed E-state index contributed by atoms with van der Waals surface area (Å²) in [5.74, 6) is -2.96. The van der Waals surface area contributed by atoms with Gasteiger partial charge in [-0.15, -0.1) is 0 Å². The van der Waals surface area contributed by atoms with Crippen molar-refractivity contribution in [2.75, 3.05) is 0 Å². The fourth-order valence-corrected chi connectivity index (χ4v) is 2.60. The molecule has 4 nitrogen and oxygen atoms in total. The molecule has 11 heteroatoms. The van der Waals surface area contributed by atoms with E-state index in [1.807, 2.05) is 0 Å². The van der Waals surface area contributed by atoms with Crippen LogP contribution in [0, 0.1) is 0 Å². The highest BCUT2D eigenvalue weighted by Crippen LogP contribution is 2.43. The smallest absolute Gasteiger partial charge is 0.426 e. The zero-order valence-corrected chi connectivity index (χ0v) is 15.7. The van der Waals surface area contributed by atoms with Gasteiger partial charge in [0.15, 0.2) is 0 Å². The van der Waals surface area contributed by atoms with Crippen LogP contribution in [0.5, 0.6) is 23.0 Å². The van der Waals surface area contributed by atoms with Crippen molar-refractivity contribution in [1.82, 2.24) is 0 Å². The minimum atomic E-state index is -5.24. The molecule has 2 N–H and O–H groups in total. The molecule has 0 radical (unpaired) electrons. The summed E-state index contributed by atoms with van der Waals surface area (Å²) in [7, 11) is 0. The first-order chi connectivity index (χ1) is 14.8. The standard InChI is InChI=1S/C21H13F7O4/c22-19(23,24)17-11-16(31-20(25,26)12-1-5-14(29)6-2-12)9-10-18(17)32-21(27,28)13-3-7-15(30)8-4-13/h1-11,29-30H. The predicted molar refractivity (Wildman–Crippen MR) is 96.7 cm³/mol. The molecule has 32 heavy (non-hydrogen) atoms. The third-order valence-corrected chi connectivity index (χ3v) is 4.15. The van der Waals surface area contributed by atoms with Gasteiger partial charge in [-0.3, -0.25) is 0 Å². The van der Waals surface area contributed by atoms with Crippen molar-refractivity contribution >= 4 is 0 Å². The Morgan fingerprint density at radius 3 is 1.44 bits per heavy atom. The number of benzene rings is 3. The van der Waals surface area contributed by atoms with Crippen LogP contribution in [0.4, 0.5) is 30.7 Å². The fraction of sp³-hybridized carbons (Fsp3) is 0.143. The van der Waals surface area contributed by atoms with Gasteiger partial charge in [0, 0.05) is 0 Å². The van der Waals surface area contributed by atoms with Gasteiger partial charge in [0.2, 0.25) is 0 Å². The SMILES string of the molecule is Oc1ccc(C(F)(F)Oc2ccc(OC(F)(F)c3ccc(O)cc3)c(C(F)(F)F)c2)cc1. The second kappa shape index (κ2) is 8.13. The minimum Gasteiger partial charge on any atom is -0.508 e. The van der Waals surface area contributed by atoms with Crippen LogP contribution in [-0.4, -0.2) is 10.2 Å². The largest absolute Gasteiger partial charge is 0.508 e. The fourth-order valence-electron chi connectivity index (χ4n) is 2.60. The van der Waals surface area contributed by atoms with Gasteiger partial charge in [-0.1, -0.05) is 0 Å². The quantitative estimate of drug-likeness (QED) is 0.418. The molecule has 0 fully saturated rings. The molecule has 0 spiro atoms. The highest BCUT2D eigenvalue weighted by atomic mass is 19.4. The van der Waals surface area contributed by atoms with Crippen molar-refractivity contribution in [1.29, 1.82) is 0 Å². The number of aromatic hydroxyl groups is 2. The van der Waals surface area contributed by atoms with Crippen LogP contribution in [-0.2, 0) is 18.4 Å². The van der Waals surface area contributed by atoms with E-state index < -0.39 is 46.6 Å². The Hall–Kier alpha value is -3.63. The molecule has 0 aliphatic heterocycles. The zero-order chi connectivity index (χ0) is 23.7. The normalized spacial score (nSPS) is 12.5. The van der Waals surface area contributed by atoms with Gasteiger partial charge in [0.05, 0.1) is 11.1 Å². The van der Waals surface area contributed by atoms with E-state index in [-0.39, 0.29) is 17.6 Å². The lowest BCUT2D eigenvalue weighted by molar-refractivity contribution is -0.193. The summed E-state index contributed by atoms with van der Waals surface area (Å²) in [5.41, 5.74) is -3.37. The average molecular weight is 462 g/mol. The van der Waals surface area contributed by atoms with Crippen molar-refractivity contribution in [3.8, 4) is 23.0 Å². The minimum absolute atomic E-state index is 0.108. The van der Waals surface area contributed by atoms with Crippen LogP contribution in [0.15, 0.2) is 66.7 Å². The molecule has 3 aromatic rings. The molecule has 170 valence electrons. The van der Waals surface area contributed by atoms with Crippen LogP contribution in [0.3, 0.4) is 0 Å². The molecule has 0 heterocycles. The summed E-state index contributed by atoms with van der Waals surface area (Å²) >= 11 is 0. The lowest BCUT2D eigenvalue weighted by Crippen LogP contribution is -2.24. The van der Waals surface area contributed by atoms with Gasteiger partial charge in [0.1, 0.15) is 28.6 Å². The van der Waals surface area contributed by atoms with E-state index in [0.29, 0.717) is 12.1 Å². The molecule has 0 saturated heterocycles. The van der Waals surface area contributed by atoms with Crippen molar-refractivity contribution in [2.45, 2.75) is 18.4 Å². The van der Waals surface area contributed by atoms with Crippen LogP contribution in [0.25, 0.3) is 0 Å². The van der Waals surface area contributed by atoms with Gasteiger partial charge >= 0.3 is 18.4 Å². The zero-order valence-electron chi connectivity index (χ0n) is 15.7. The molecule has 0 unspecified atom stereocenters. The second-order valence-corrected chi connectivity index (χ2v) is 6.49. The number of rotatable bonds is 6. The molecule has 0 aliphatic carbocycles. The molecule has 3 aromatic carbocycles. The second-order valence-electron chi connectivity index (χ2n) is 6.49. The highest BCUT2D eigenvalue weighted by Gasteiger charge is 2.41. The van der Waals surface area contributed by atoms with Crippen molar-refractivity contribution in [2.24, 2.45) is 0 Å². The Labute approximate surface area is 176 Å². The first-order valence-corrected chi connectivity index (χ1v) is 8.72. The average Bonchev–Trinajstić information content (AvgIpc) is 2.68. The molecule has 3 rings (SSSR count). The Balaban J connectivity index is 1.92. The van der Waals surface area contributed by atoms with Gasteiger partial charge in [-0.05, 0) is 66.7 Å². The summed E-state index contributed by atoms with van der Waals surface area (Å²) in [5, 5.41) is 18.3. The summed E-state index contributed by atoms with van der Waals surface area (Å²) in [4.78, 5) is 0. The number of phenols is 2. The molecular weight excluding hydrogens is 449 g/mol. The molecule has 0 atom stereocenters. The molecule has 0 aliphatic rings. The Kier molecular flexibility index (Phi) is 5.86. The Morgan fingerprint density at radius 2 is 1.00 bits per heavy atom. The molecular formula is C21H13F7O4. The van der Waals surface area contributed by atoms with Crippen LogP contribution in [0.1, 0.15) is 16.7 Å². The predicted octanol–water partition coefficient (Wildman–Crippen LogP) is 6.37. The number of hydrogen-bond acceptors (Lipinski definition) is 4. The summed E-state index contributed by atoms with van der Waals surface area (Å²) in [6, 6.07) is 7.88. The number of hydrogen-bond donors (Lipinski definition) is 2. The maximum Gasteiger partial charge on any atom is 0.426 e. The lowest BCUT2D eigenvalue weighted by atomic mass is 10.1. The first-order valence-electron chi connectivity index (χ1n) is 8.72. The monoisotopic (exact) mass is 462 g/mol. The lowest BCUT2D eigenvalue weighted by Gasteiger charge is -2.23. The molecule has 0 bridgehead atoms.